The SMILES string of the molecule is Cc1ccc(NC(=O)c2nnn(CC(=O)Nc3ccc4c(c3)OCO4)c2N)c(C)c1. The van der Waals surface area contributed by atoms with E-state index >= 15 is 0 Å². The minimum absolute atomic E-state index is 0.00176. The van der Waals surface area contributed by atoms with E-state index in [1.165, 1.54) is 4.68 Å². The number of aryl methyl sites for hydroxylation is 2. The number of anilines is 3. The lowest BCUT2D eigenvalue weighted by molar-refractivity contribution is -0.116. The fraction of sp³-hybridized carbons (Fsp3) is 0.200. The van der Waals surface area contributed by atoms with Crippen LogP contribution in [0.1, 0.15) is 21.6 Å². The zero-order valence-electron chi connectivity index (χ0n) is 16.4. The minimum atomic E-state index is -0.498. The number of aromatic nitrogens is 3. The summed E-state index contributed by atoms with van der Waals surface area (Å²) in [5.74, 6) is 0.290. The van der Waals surface area contributed by atoms with Gasteiger partial charge in [-0.05, 0) is 37.6 Å². The molecule has 2 aromatic carbocycles. The van der Waals surface area contributed by atoms with E-state index in [-0.39, 0.29) is 30.8 Å². The first kappa shape index (κ1) is 19.2. The van der Waals surface area contributed by atoms with Crippen molar-refractivity contribution in [3.63, 3.8) is 0 Å². The Morgan fingerprint density at radius 2 is 1.90 bits per heavy atom. The Hall–Kier alpha value is -4.08. The highest BCUT2D eigenvalue weighted by Gasteiger charge is 2.20. The molecule has 0 spiro atoms. The van der Waals surface area contributed by atoms with Crippen molar-refractivity contribution in [2.45, 2.75) is 20.4 Å². The number of fused-ring (bicyclic) bond motifs is 1. The van der Waals surface area contributed by atoms with E-state index in [0.717, 1.165) is 11.1 Å². The number of nitrogen functional groups attached to an aromatic ring is 1. The van der Waals surface area contributed by atoms with Crippen molar-refractivity contribution in [3.8, 4) is 11.5 Å². The van der Waals surface area contributed by atoms with Gasteiger partial charge in [-0.1, -0.05) is 22.9 Å². The molecule has 1 aromatic heterocycles. The predicted molar refractivity (Wildman–Crippen MR) is 109 cm³/mol. The van der Waals surface area contributed by atoms with Gasteiger partial charge in [0.15, 0.2) is 23.0 Å². The number of hydrogen-bond donors (Lipinski definition) is 3. The standard InChI is InChI=1S/C20H20N6O4/c1-11-3-5-14(12(2)7-11)23-20(28)18-19(21)26(25-24-18)9-17(27)22-13-4-6-15-16(8-13)30-10-29-15/h3-8H,9-10,21H2,1-2H3,(H,22,27)(H,23,28). The molecule has 0 unspecified atom stereocenters. The smallest absolute Gasteiger partial charge is 0.280 e. The van der Waals surface area contributed by atoms with Gasteiger partial charge in [-0.2, -0.15) is 0 Å². The lowest BCUT2D eigenvalue weighted by atomic mass is 10.1. The van der Waals surface area contributed by atoms with Crippen LogP contribution in [0.4, 0.5) is 17.2 Å². The highest BCUT2D eigenvalue weighted by atomic mass is 16.7. The first-order valence-corrected chi connectivity index (χ1v) is 9.18. The first-order valence-electron chi connectivity index (χ1n) is 9.18. The fourth-order valence-electron chi connectivity index (χ4n) is 3.05. The number of rotatable bonds is 5. The molecule has 10 nitrogen and oxygen atoms in total. The van der Waals surface area contributed by atoms with Crippen molar-refractivity contribution >= 4 is 29.0 Å². The largest absolute Gasteiger partial charge is 0.454 e. The van der Waals surface area contributed by atoms with Gasteiger partial charge >= 0.3 is 0 Å². The van der Waals surface area contributed by atoms with Crippen LogP contribution in [-0.2, 0) is 11.3 Å². The molecule has 2 amide bonds. The minimum Gasteiger partial charge on any atom is -0.454 e. The highest BCUT2D eigenvalue weighted by molar-refractivity contribution is 6.06. The maximum Gasteiger partial charge on any atom is 0.280 e. The summed E-state index contributed by atoms with van der Waals surface area (Å²) in [5.41, 5.74) is 9.14. The molecule has 1 aliphatic heterocycles. The van der Waals surface area contributed by atoms with Crippen molar-refractivity contribution in [2.24, 2.45) is 0 Å². The quantitative estimate of drug-likeness (QED) is 0.589. The molecule has 154 valence electrons. The molecule has 0 saturated carbocycles. The lowest BCUT2D eigenvalue weighted by Crippen LogP contribution is -2.21. The number of nitrogens with one attached hydrogen (secondary N) is 2. The normalized spacial score (nSPS) is 11.9. The summed E-state index contributed by atoms with van der Waals surface area (Å²) in [6, 6.07) is 10.7. The Morgan fingerprint density at radius 1 is 1.10 bits per heavy atom. The van der Waals surface area contributed by atoms with Gasteiger partial charge in [-0.25, -0.2) is 4.68 Å². The molecular formula is C20H20N6O4. The number of amides is 2. The molecule has 10 heteroatoms. The van der Waals surface area contributed by atoms with Crippen molar-refractivity contribution in [3.05, 3.63) is 53.2 Å². The van der Waals surface area contributed by atoms with Gasteiger partial charge in [-0.3, -0.25) is 9.59 Å². The third kappa shape index (κ3) is 3.88. The number of ether oxygens (including phenoxy) is 2. The summed E-state index contributed by atoms with van der Waals surface area (Å²) >= 11 is 0. The number of hydrogen-bond acceptors (Lipinski definition) is 7. The van der Waals surface area contributed by atoms with Crippen molar-refractivity contribution in [1.29, 1.82) is 0 Å². The van der Waals surface area contributed by atoms with Crippen LogP contribution < -0.4 is 25.8 Å². The molecule has 0 aliphatic carbocycles. The Labute approximate surface area is 172 Å². The van der Waals surface area contributed by atoms with E-state index in [1.54, 1.807) is 18.2 Å². The Kier molecular flexibility index (Phi) is 4.97. The monoisotopic (exact) mass is 408 g/mol. The van der Waals surface area contributed by atoms with Gasteiger partial charge in [0, 0.05) is 17.4 Å². The van der Waals surface area contributed by atoms with E-state index in [0.29, 0.717) is 22.9 Å². The van der Waals surface area contributed by atoms with E-state index in [2.05, 4.69) is 20.9 Å². The van der Waals surface area contributed by atoms with Crippen LogP contribution in [0, 0.1) is 13.8 Å². The third-order valence-corrected chi connectivity index (χ3v) is 4.57. The summed E-state index contributed by atoms with van der Waals surface area (Å²) in [4.78, 5) is 24.9. The van der Waals surface area contributed by atoms with Crippen LogP contribution in [-0.4, -0.2) is 33.6 Å². The molecule has 3 aromatic rings. The highest BCUT2D eigenvalue weighted by Crippen LogP contribution is 2.34. The Balaban J connectivity index is 1.42. The van der Waals surface area contributed by atoms with Crippen LogP contribution >= 0.6 is 0 Å². The zero-order valence-corrected chi connectivity index (χ0v) is 16.4. The predicted octanol–water partition coefficient (Wildman–Crippen LogP) is 2.10. The molecule has 0 saturated heterocycles. The summed E-state index contributed by atoms with van der Waals surface area (Å²) < 4.78 is 11.7. The molecule has 0 atom stereocenters. The van der Waals surface area contributed by atoms with Crippen LogP contribution in [0.3, 0.4) is 0 Å². The third-order valence-electron chi connectivity index (χ3n) is 4.57. The molecule has 0 fully saturated rings. The number of benzene rings is 2. The maximum absolute atomic E-state index is 12.5. The molecular weight excluding hydrogens is 388 g/mol. The van der Waals surface area contributed by atoms with Crippen LogP contribution in [0.25, 0.3) is 0 Å². The second-order valence-corrected chi connectivity index (χ2v) is 6.87. The molecule has 30 heavy (non-hydrogen) atoms. The molecule has 4 rings (SSSR count). The first-order chi connectivity index (χ1) is 14.4. The Bertz CT molecular complexity index is 1140. The fourth-order valence-corrected chi connectivity index (χ4v) is 3.05. The van der Waals surface area contributed by atoms with E-state index in [4.69, 9.17) is 15.2 Å². The van der Waals surface area contributed by atoms with Crippen molar-refractivity contribution in [1.82, 2.24) is 15.0 Å². The van der Waals surface area contributed by atoms with Gasteiger partial charge in [0.25, 0.3) is 5.91 Å². The van der Waals surface area contributed by atoms with Crippen LogP contribution in [0.2, 0.25) is 0 Å². The van der Waals surface area contributed by atoms with Crippen molar-refractivity contribution in [2.75, 3.05) is 23.2 Å². The number of carbonyl (C=O) groups excluding carboxylic acids is 2. The van der Waals surface area contributed by atoms with Gasteiger partial charge in [-0.15, -0.1) is 5.10 Å². The van der Waals surface area contributed by atoms with Crippen LogP contribution in [0.15, 0.2) is 36.4 Å². The summed E-state index contributed by atoms with van der Waals surface area (Å²) in [6.07, 6.45) is 0. The second kappa shape index (κ2) is 7.74. The average Bonchev–Trinajstić information content (AvgIpc) is 3.30. The number of nitrogens with two attached hydrogens (primary N) is 1. The van der Waals surface area contributed by atoms with Crippen molar-refractivity contribution < 1.29 is 19.1 Å². The van der Waals surface area contributed by atoms with E-state index in [9.17, 15) is 9.59 Å². The van der Waals surface area contributed by atoms with E-state index < -0.39 is 5.91 Å². The molecule has 4 N–H and O–H groups in total. The topological polar surface area (TPSA) is 133 Å². The molecule has 0 radical (unpaired) electrons. The van der Waals surface area contributed by atoms with Crippen LogP contribution in [0.5, 0.6) is 11.5 Å². The second-order valence-electron chi connectivity index (χ2n) is 6.87. The maximum atomic E-state index is 12.5. The van der Waals surface area contributed by atoms with Gasteiger partial charge in [0.2, 0.25) is 12.7 Å². The molecule has 0 bridgehead atoms. The van der Waals surface area contributed by atoms with Gasteiger partial charge in [0.05, 0.1) is 0 Å². The molecule has 1 aliphatic rings. The number of carbonyl (C=O) groups is 2. The van der Waals surface area contributed by atoms with Gasteiger partial charge in [0.1, 0.15) is 6.54 Å². The Morgan fingerprint density at radius 3 is 2.70 bits per heavy atom. The zero-order chi connectivity index (χ0) is 21.3. The average molecular weight is 408 g/mol. The number of nitrogens with zero attached hydrogens (tertiary/aromatic N) is 3. The van der Waals surface area contributed by atoms with E-state index in [1.807, 2.05) is 32.0 Å². The van der Waals surface area contributed by atoms with Gasteiger partial charge < -0.3 is 25.8 Å². The molecule has 2 heterocycles. The summed E-state index contributed by atoms with van der Waals surface area (Å²) in [5, 5.41) is 13.1. The summed E-state index contributed by atoms with van der Waals surface area (Å²) in [6.45, 7) is 3.80. The summed E-state index contributed by atoms with van der Waals surface area (Å²) in [7, 11) is 0. The lowest BCUT2D eigenvalue weighted by Gasteiger charge is -2.09.